The largest absolute Gasteiger partial charge is 0.496 e. The third-order valence-corrected chi connectivity index (χ3v) is 8.57. The van der Waals surface area contributed by atoms with Gasteiger partial charge in [0.1, 0.15) is 11.5 Å². The number of furan rings is 1. The number of likely N-dealkylation sites (tertiary alicyclic amines) is 1. The second kappa shape index (κ2) is 9.75. The first-order chi connectivity index (χ1) is 17.0. The van der Waals surface area contributed by atoms with Crippen LogP contribution in [-0.4, -0.2) is 52.5 Å². The van der Waals surface area contributed by atoms with E-state index >= 15 is 0 Å². The number of fused-ring (bicyclic) bond motifs is 1. The number of nitrogens with one attached hydrogen (secondary N) is 1. The van der Waals surface area contributed by atoms with Crippen molar-refractivity contribution in [3.8, 4) is 5.75 Å². The Balaban J connectivity index is 1.39. The molecule has 9 heteroatoms. The van der Waals surface area contributed by atoms with Crippen LogP contribution in [0.25, 0.3) is 0 Å². The minimum Gasteiger partial charge on any atom is -0.496 e. The SMILES string of the molecule is COc1ccc(S(=O)(=O)N2CCc3ccccc32)cc1C(=O)NC[C@H](c1ccco1)N1CCCC1. The molecule has 2 aliphatic rings. The molecule has 1 saturated heterocycles. The zero-order valence-corrected chi connectivity index (χ0v) is 20.5. The summed E-state index contributed by atoms with van der Waals surface area (Å²) in [6.45, 7) is 2.59. The van der Waals surface area contributed by atoms with Crippen LogP contribution in [0.1, 0.15) is 40.6 Å². The van der Waals surface area contributed by atoms with Gasteiger partial charge in [0.25, 0.3) is 15.9 Å². The van der Waals surface area contributed by atoms with Gasteiger partial charge in [0, 0.05) is 13.1 Å². The predicted molar refractivity (Wildman–Crippen MR) is 132 cm³/mol. The van der Waals surface area contributed by atoms with E-state index in [4.69, 9.17) is 9.15 Å². The first-order valence-corrected chi connectivity index (χ1v) is 13.3. The molecule has 35 heavy (non-hydrogen) atoms. The lowest BCUT2D eigenvalue weighted by Crippen LogP contribution is -2.37. The number of para-hydroxylation sites is 1. The number of anilines is 1. The summed E-state index contributed by atoms with van der Waals surface area (Å²) in [6, 6.07) is 15.6. The molecule has 0 aliphatic carbocycles. The molecule has 184 valence electrons. The molecule has 3 heterocycles. The average molecular weight is 496 g/mol. The molecular formula is C26H29N3O5S. The van der Waals surface area contributed by atoms with Crippen molar-refractivity contribution in [2.24, 2.45) is 0 Å². The Hall–Kier alpha value is -3.30. The van der Waals surface area contributed by atoms with E-state index in [2.05, 4.69) is 10.2 Å². The van der Waals surface area contributed by atoms with Crippen LogP contribution >= 0.6 is 0 Å². The minimum atomic E-state index is -3.84. The summed E-state index contributed by atoms with van der Waals surface area (Å²) in [6.07, 6.45) is 4.51. The van der Waals surface area contributed by atoms with Crippen LogP contribution in [0.2, 0.25) is 0 Å². The van der Waals surface area contributed by atoms with Crippen molar-refractivity contribution in [1.82, 2.24) is 10.2 Å². The number of amides is 1. The van der Waals surface area contributed by atoms with Crippen molar-refractivity contribution in [3.63, 3.8) is 0 Å². The summed E-state index contributed by atoms with van der Waals surface area (Å²) < 4.78 is 39.4. The molecule has 2 aromatic carbocycles. The van der Waals surface area contributed by atoms with Crippen molar-refractivity contribution in [2.75, 3.05) is 37.6 Å². The molecule has 1 N–H and O–H groups in total. The van der Waals surface area contributed by atoms with Gasteiger partial charge in [-0.25, -0.2) is 8.42 Å². The van der Waals surface area contributed by atoms with E-state index in [-0.39, 0.29) is 16.5 Å². The Labute approximate surface area is 205 Å². The zero-order chi connectivity index (χ0) is 24.4. The molecule has 1 amide bonds. The monoisotopic (exact) mass is 495 g/mol. The number of methoxy groups -OCH3 is 1. The molecule has 0 spiro atoms. The number of nitrogens with zero attached hydrogens (tertiary/aromatic N) is 2. The van der Waals surface area contributed by atoms with Gasteiger partial charge in [-0.05, 0) is 74.3 Å². The molecule has 0 saturated carbocycles. The van der Waals surface area contributed by atoms with Gasteiger partial charge < -0.3 is 14.5 Å². The van der Waals surface area contributed by atoms with Gasteiger partial charge >= 0.3 is 0 Å². The van der Waals surface area contributed by atoms with Crippen LogP contribution in [0.15, 0.2) is 70.2 Å². The molecule has 8 nitrogen and oxygen atoms in total. The molecule has 3 aromatic rings. The van der Waals surface area contributed by atoms with Crippen LogP contribution in [0.5, 0.6) is 5.75 Å². The number of benzene rings is 2. The predicted octanol–water partition coefficient (Wildman–Crippen LogP) is 3.61. The maximum absolute atomic E-state index is 13.5. The second-order valence-electron chi connectivity index (χ2n) is 8.80. The summed E-state index contributed by atoms with van der Waals surface area (Å²) in [5.41, 5.74) is 1.86. The Morgan fingerprint density at radius 1 is 1.09 bits per heavy atom. The molecule has 1 fully saturated rings. The van der Waals surface area contributed by atoms with E-state index in [1.807, 2.05) is 36.4 Å². The first-order valence-electron chi connectivity index (χ1n) is 11.8. The number of hydrogen-bond donors (Lipinski definition) is 1. The van der Waals surface area contributed by atoms with E-state index in [1.165, 1.54) is 29.6 Å². The summed E-state index contributed by atoms with van der Waals surface area (Å²) in [4.78, 5) is 15.6. The molecular weight excluding hydrogens is 466 g/mol. The molecule has 0 unspecified atom stereocenters. The molecule has 5 rings (SSSR count). The Bertz CT molecular complexity index is 1300. The maximum atomic E-state index is 13.5. The standard InChI is InChI=1S/C26H29N3O5S/c1-33-24-11-10-20(35(31,32)29-15-12-19-7-2-3-8-22(19)29)17-21(24)26(30)27-18-23(25-9-6-16-34-25)28-13-4-5-14-28/h2-3,6-11,16-17,23H,4-5,12-15,18H2,1H3,(H,27,30)/t23-/m1/s1. The topological polar surface area (TPSA) is 92.1 Å². The van der Waals surface area contributed by atoms with E-state index in [0.717, 1.165) is 37.3 Å². The maximum Gasteiger partial charge on any atom is 0.264 e. The number of carbonyl (C=O) groups excluding carboxylic acids is 1. The quantitative estimate of drug-likeness (QED) is 0.513. The average Bonchev–Trinajstić information content (AvgIpc) is 3.66. The van der Waals surface area contributed by atoms with E-state index in [9.17, 15) is 13.2 Å². The lowest BCUT2D eigenvalue weighted by molar-refractivity contribution is 0.0930. The fraction of sp³-hybridized carbons (Fsp3) is 0.346. The number of sulfonamides is 1. The highest BCUT2D eigenvalue weighted by Gasteiger charge is 2.32. The number of rotatable bonds is 8. The van der Waals surface area contributed by atoms with Crippen LogP contribution in [0.4, 0.5) is 5.69 Å². The summed E-state index contributed by atoms with van der Waals surface area (Å²) in [7, 11) is -2.37. The van der Waals surface area contributed by atoms with Gasteiger partial charge in [0.05, 0.1) is 35.6 Å². The highest BCUT2D eigenvalue weighted by atomic mass is 32.2. The number of carbonyl (C=O) groups is 1. The normalized spacial score (nSPS) is 16.8. The van der Waals surface area contributed by atoms with Gasteiger partial charge in [0.15, 0.2) is 0 Å². The second-order valence-corrected chi connectivity index (χ2v) is 10.7. The van der Waals surface area contributed by atoms with E-state index < -0.39 is 15.9 Å². The van der Waals surface area contributed by atoms with Crippen LogP contribution in [-0.2, 0) is 16.4 Å². The Morgan fingerprint density at radius 2 is 1.89 bits per heavy atom. The van der Waals surface area contributed by atoms with E-state index in [1.54, 1.807) is 6.26 Å². The molecule has 1 atom stereocenters. The van der Waals surface area contributed by atoms with Crippen molar-refractivity contribution in [1.29, 1.82) is 0 Å². The van der Waals surface area contributed by atoms with Crippen LogP contribution in [0, 0.1) is 0 Å². The number of hydrogen-bond acceptors (Lipinski definition) is 6. The molecule has 0 bridgehead atoms. The highest BCUT2D eigenvalue weighted by molar-refractivity contribution is 7.92. The van der Waals surface area contributed by atoms with Crippen molar-refractivity contribution < 1.29 is 22.4 Å². The Kier molecular flexibility index (Phi) is 6.53. The van der Waals surface area contributed by atoms with Gasteiger partial charge in [-0.15, -0.1) is 0 Å². The fourth-order valence-electron chi connectivity index (χ4n) is 4.94. The molecule has 0 radical (unpaired) electrons. The van der Waals surface area contributed by atoms with Crippen molar-refractivity contribution >= 4 is 21.6 Å². The highest BCUT2D eigenvalue weighted by Crippen LogP contribution is 2.34. The summed E-state index contributed by atoms with van der Waals surface area (Å²) in [5, 5.41) is 2.97. The van der Waals surface area contributed by atoms with Crippen molar-refractivity contribution in [3.05, 3.63) is 77.7 Å². The lowest BCUT2D eigenvalue weighted by atomic mass is 10.1. The smallest absolute Gasteiger partial charge is 0.264 e. The molecule has 1 aromatic heterocycles. The fourth-order valence-corrected chi connectivity index (χ4v) is 6.47. The van der Waals surface area contributed by atoms with Gasteiger partial charge in [-0.2, -0.15) is 0 Å². The molecule has 2 aliphatic heterocycles. The summed E-state index contributed by atoms with van der Waals surface area (Å²) in [5.74, 6) is 0.721. The van der Waals surface area contributed by atoms with Gasteiger partial charge in [-0.1, -0.05) is 18.2 Å². The lowest BCUT2D eigenvalue weighted by Gasteiger charge is -2.26. The van der Waals surface area contributed by atoms with Gasteiger partial charge in [0.2, 0.25) is 0 Å². The van der Waals surface area contributed by atoms with E-state index in [0.29, 0.717) is 30.9 Å². The van der Waals surface area contributed by atoms with Crippen LogP contribution < -0.4 is 14.4 Å². The summed E-state index contributed by atoms with van der Waals surface area (Å²) >= 11 is 0. The third kappa shape index (κ3) is 4.53. The Morgan fingerprint density at radius 3 is 2.63 bits per heavy atom. The number of ether oxygens (including phenoxy) is 1. The van der Waals surface area contributed by atoms with Crippen molar-refractivity contribution in [2.45, 2.75) is 30.2 Å². The third-order valence-electron chi connectivity index (χ3n) is 6.76. The van der Waals surface area contributed by atoms with Gasteiger partial charge in [-0.3, -0.25) is 14.0 Å². The van der Waals surface area contributed by atoms with Crippen LogP contribution in [0.3, 0.4) is 0 Å². The first kappa shape index (κ1) is 23.4. The minimum absolute atomic E-state index is 0.0577. The zero-order valence-electron chi connectivity index (χ0n) is 19.6.